The van der Waals surface area contributed by atoms with E-state index in [1.807, 2.05) is 48.5 Å². The second-order valence-electron chi connectivity index (χ2n) is 7.66. The van der Waals surface area contributed by atoms with E-state index < -0.39 is 6.04 Å². The SMILES string of the molecule is C.CC(C)OCNC(C)C(=O)N(C)C.CC[C@H](C)[C@H](NC(=O)C(C)C)C(=O)NC. The minimum Gasteiger partial charge on any atom is -0.364 e. The molecule has 0 spiro atoms. The normalized spacial score (nSPS) is 13.4. The van der Waals surface area contributed by atoms with Gasteiger partial charge in [0.15, 0.2) is 0 Å². The summed E-state index contributed by atoms with van der Waals surface area (Å²) >= 11 is 0. The van der Waals surface area contributed by atoms with Crippen molar-refractivity contribution in [3.63, 3.8) is 0 Å². The fraction of sp³-hybridized carbons (Fsp3) is 0.857. The number of likely N-dealkylation sites (N-methyl/N-ethyl adjacent to an activating group) is 2. The Labute approximate surface area is 178 Å². The highest BCUT2D eigenvalue weighted by Gasteiger charge is 2.25. The van der Waals surface area contributed by atoms with Gasteiger partial charge in [-0.25, -0.2) is 0 Å². The number of carbonyl (C=O) groups is 3. The van der Waals surface area contributed by atoms with Crippen LogP contribution in [0.2, 0.25) is 0 Å². The van der Waals surface area contributed by atoms with E-state index >= 15 is 0 Å². The van der Waals surface area contributed by atoms with Crippen LogP contribution in [0, 0.1) is 11.8 Å². The second kappa shape index (κ2) is 17.2. The van der Waals surface area contributed by atoms with Gasteiger partial charge in [0, 0.05) is 27.1 Å². The zero-order valence-electron chi connectivity index (χ0n) is 19.4. The van der Waals surface area contributed by atoms with E-state index in [0.717, 1.165) is 6.42 Å². The lowest BCUT2D eigenvalue weighted by atomic mass is 9.97. The van der Waals surface area contributed by atoms with Crippen molar-refractivity contribution in [3.05, 3.63) is 0 Å². The van der Waals surface area contributed by atoms with Crippen molar-refractivity contribution in [2.45, 2.75) is 80.5 Å². The lowest BCUT2D eigenvalue weighted by molar-refractivity contribution is -0.131. The standard InChI is InChI=1S/C11H22N2O2.C9H20N2O2.CH4/c1-6-8(4)9(11(15)12-5)13-10(14)7(2)3;1-7(2)13-6-10-8(3)9(12)11(4)5;/h7-9H,6H2,1-5H3,(H,12,15)(H,13,14);7-8,10H,6H2,1-5H3;1H4/t8-,9-;;/m0../s1. The molecule has 3 atom stereocenters. The lowest BCUT2D eigenvalue weighted by Crippen LogP contribution is -2.50. The Kier molecular flexibility index (Phi) is 19.0. The van der Waals surface area contributed by atoms with Crippen LogP contribution < -0.4 is 16.0 Å². The number of hydrogen-bond acceptors (Lipinski definition) is 5. The Bertz CT molecular complexity index is 468. The van der Waals surface area contributed by atoms with Gasteiger partial charge in [0.05, 0.1) is 18.9 Å². The summed E-state index contributed by atoms with van der Waals surface area (Å²) in [5.41, 5.74) is 0. The molecule has 1 unspecified atom stereocenters. The Balaban J connectivity index is -0.000000455. The molecular formula is C21H46N4O4. The number of nitrogens with one attached hydrogen (secondary N) is 3. The van der Waals surface area contributed by atoms with Gasteiger partial charge >= 0.3 is 0 Å². The molecule has 0 aromatic rings. The number of ether oxygens (including phenoxy) is 1. The van der Waals surface area contributed by atoms with Crippen LogP contribution >= 0.6 is 0 Å². The average Bonchev–Trinajstić information content (AvgIpc) is 2.63. The molecule has 0 rings (SSSR count). The van der Waals surface area contributed by atoms with Crippen LogP contribution in [0.1, 0.15) is 62.3 Å². The lowest BCUT2D eigenvalue weighted by Gasteiger charge is -2.23. The first kappa shape index (κ1) is 32.0. The topological polar surface area (TPSA) is 99.8 Å². The van der Waals surface area contributed by atoms with Crippen LogP contribution in [0.4, 0.5) is 0 Å². The van der Waals surface area contributed by atoms with Crippen LogP contribution in [0.5, 0.6) is 0 Å². The number of rotatable bonds is 10. The molecule has 0 aliphatic heterocycles. The quantitative estimate of drug-likeness (QED) is 0.471. The molecule has 0 aliphatic rings. The molecule has 0 fully saturated rings. The summed E-state index contributed by atoms with van der Waals surface area (Å²) in [5.74, 6) is -0.0940. The van der Waals surface area contributed by atoms with E-state index in [1.54, 1.807) is 26.0 Å². The third-order valence-corrected chi connectivity index (χ3v) is 4.18. The highest BCUT2D eigenvalue weighted by atomic mass is 16.5. The molecule has 0 aromatic carbocycles. The van der Waals surface area contributed by atoms with Gasteiger partial charge < -0.3 is 20.3 Å². The maximum absolute atomic E-state index is 11.5. The Morgan fingerprint density at radius 3 is 1.83 bits per heavy atom. The number of nitrogens with zero attached hydrogens (tertiary/aromatic N) is 1. The molecule has 0 aromatic heterocycles. The molecule has 0 radical (unpaired) electrons. The van der Waals surface area contributed by atoms with Gasteiger partial charge in [0.25, 0.3) is 0 Å². The Morgan fingerprint density at radius 2 is 1.48 bits per heavy atom. The molecular weight excluding hydrogens is 372 g/mol. The molecule has 0 heterocycles. The van der Waals surface area contributed by atoms with E-state index in [2.05, 4.69) is 16.0 Å². The third kappa shape index (κ3) is 14.9. The molecule has 0 bridgehead atoms. The fourth-order valence-corrected chi connectivity index (χ4v) is 1.99. The molecule has 3 N–H and O–H groups in total. The summed E-state index contributed by atoms with van der Waals surface area (Å²) in [6.07, 6.45) is 1.05. The summed E-state index contributed by atoms with van der Waals surface area (Å²) in [6, 6.07) is -0.608. The smallest absolute Gasteiger partial charge is 0.242 e. The highest BCUT2D eigenvalue weighted by molar-refractivity contribution is 5.88. The highest BCUT2D eigenvalue weighted by Crippen LogP contribution is 2.08. The molecule has 0 aliphatic carbocycles. The van der Waals surface area contributed by atoms with Crippen molar-refractivity contribution in [1.29, 1.82) is 0 Å². The van der Waals surface area contributed by atoms with Crippen molar-refractivity contribution in [2.24, 2.45) is 11.8 Å². The zero-order chi connectivity index (χ0) is 22.4. The number of amides is 3. The van der Waals surface area contributed by atoms with Crippen LogP contribution in [0.15, 0.2) is 0 Å². The first-order valence-electron chi connectivity index (χ1n) is 9.96. The molecule has 29 heavy (non-hydrogen) atoms. The molecule has 0 saturated heterocycles. The van der Waals surface area contributed by atoms with E-state index in [9.17, 15) is 14.4 Å². The van der Waals surface area contributed by atoms with E-state index in [4.69, 9.17) is 4.74 Å². The van der Waals surface area contributed by atoms with Gasteiger partial charge in [-0.15, -0.1) is 0 Å². The molecule has 0 saturated carbocycles. The van der Waals surface area contributed by atoms with Gasteiger partial charge in [-0.3, -0.25) is 19.7 Å². The summed E-state index contributed by atoms with van der Waals surface area (Å²) < 4.78 is 5.26. The second-order valence-corrected chi connectivity index (χ2v) is 7.66. The molecule has 8 heteroatoms. The average molecular weight is 419 g/mol. The van der Waals surface area contributed by atoms with Gasteiger partial charge in [-0.05, 0) is 26.7 Å². The van der Waals surface area contributed by atoms with E-state index in [1.165, 1.54) is 0 Å². The number of hydrogen-bond donors (Lipinski definition) is 3. The first-order valence-corrected chi connectivity index (χ1v) is 9.96. The van der Waals surface area contributed by atoms with Gasteiger partial charge in [0.2, 0.25) is 17.7 Å². The minimum absolute atomic E-state index is 0. The molecule has 8 nitrogen and oxygen atoms in total. The summed E-state index contributed by atoms with van der Waals surface area (Å²) in [7, 11) is 5.06. The maximum Gasteiger partial charge on any atom is 0.242 e. The summed E-state index contributed by atoms with van der Waals surface area (Å²) in [4.78, 5) is 35.9. The van der Waals surface area contributed by atoms with Gasteiger partial charge in [0.1, 0.15) is 6.04 Å². The maximum atomic E-state index is 11.5. The van der Waals surface area contributed by atoms with Crippen molar-refractivity contribution in [1.82, 2.24) is 20.9 Å². The van der Waals surface area contributed by atoms with Crippen molar-refractivity contribution in [2.75, 3.05) is 27.9 Å². The molecule has 174 valence electrons. The summed E-state index contributed by atoms with van der Waals surface area (Å²) in [6.45, 7) is 13.7. The van der Waals surface area contributed by atoms with Crippen molar-refractivity contribution >= 4 is 17.7 Å². The molecule has 3 amide bonds. The minimum atomic E-state index is -0.421. The van der Waals surface area contributed by atoms with E-state index in [0.29, 0.717) is 6.73 Å². The van der Waals surface area contributed by atoms with Crippen LogP contribution in [-0.2, 0) is 19.1 Å². The number of carbonyl (C=O) groups excluding carboxylic acids is 3. The van der Waals surface area contributed by atoms with Gasteiger partial charge in [-0.1, -0.05) is 41.5 Å². The van der Waals surface area contributed by atoms with Crippen molar-refractivity contribution < 1.29 is 19.1 Å². The Morgan fingerprint density at radius 1 is 0.966 bits per heavy atom. The van der Waals surface area contributed by atoms with Crippen LogP contribution in [-0.4, -0.2) is 68.7 Å². The monoisotopic (exact) mass is 418 g/mol. The predicted molar refractivity (Wildman–Crippen MR) is 119 cm³/mol. The predicted octanol–water partition coefficient (Wildman–Crippen LogP) is 1.99. The van der Waals surface area contributed by atoms with E-state index in [-0.39, 0.29) is 49.1 Å². The van der Waals surface area contributed by atoms with Gasteiger partial charge in [-0.2, -0.15) is 0 Å². The largest absolute Gasteiger partial charge is 0.364 e. The fourth-order valence-electron chi connectivity index (χ4n) is 1.99. The Hall–Kier alpha value is -1.67. The van der Waals surface area contributed by atoms with Crippen LogP contribution in [0.25, 0.3) is 0 Å². The van der Waals surface area contributed by atoms with Crippen LogP contribution in [0.3, 0.4) is 0 Å². The van der Waals surface area contributed by atoms with Crippen molar-refractivity contribution in [3.8, 4) is 0 Å². The first-order chi connectivity index (χ1) is 12.9. The zero-order valence-corrected chi connectivity index (χ0v) is 19.4. The third-order valence-electron chi connectivity index (χ3n) is 4.18. The summed E-state index contributed by atoms with van der Waals surface area (Å²) in [5, 5.41) is 8.32.